The number of alkyl halides is 3. The SMILES string of the molecule is CC(C)Nc1nncc(Nc2ccc(C(F)(F)F)cc2)n1. The van der Waals surface area contributed by atoms with E-state index in [0.29, 0.717) is 17.5 Å². The van der Waals surface area contributed by atoms with Crippen LogP contribution in [0.3, 0.4) is 0 Å². The van der Waals surface area contributed by atoms with Crippen molar-refractivity contribution in [3.05, 3.63) is 36.0 Å². The van der Waals surface area contributed by atoms with Gasteiger partial charge in [0.1, 0.15) is 0 Å². The van der Waals surface area contributed by atoms with E-state index in [0.717, 1.165) is 12.1 Å². The van der Waals surface area contributed by atoms with Crippen molar-refractivity contribution in [2.24, 2.45) is 0 Å². The Hall–Kier alpha value is -2.38. The van der Waals surface area contributed by atoms with Gasteiger partial charge < -0.3 is 10.6 Å². The summed E-state index contributed by atoms with van der Waals surface area (Å²) in [6.07, 6.45) is -2.95. The Morgan fingerprint density at radius 2 is 1.76 bits per heavy atom. The molecule has 1 aromatic heterocycles. The summed E-state index contributed by atoms with van der Waals surface area (Å²) < 4.78 is 37.4. The van der Waals surface area contributed by atoms with Crippen LogP contribution >= 0.6 is 0 Å². The molecule has 0 amide bonds. The lowest BCUT2D eigenvalue weighted by molar-refractivity contribution is -0.137. The van der Waals surface area contributed by atoms with Crippen LogP contribution < -0.4 is 10.6 Å². The van der Waals surface area contributed by atoms with Crippen LogP contribution in [0.25, 0.3) is 0 Å². The summed E-state index contributed by atoms with van der Waals surface area (Å²) in [5.74, 6) is 0.745. The van der Waals surface area contributed by atoms with E-state index in [1.54, 1.807) is 0 Å². The second-order valence-corrected chi connectivity index (χ2v) is 4.66. The molecule has 2 aromatic rings. The lowest BCUT2D eigenvalue weighted by atomic mass is 10.2. The molecule has 8 heteroatoms. The molecule has 5 nitrogen and oxygen atoms in total. The smallest absolute Gasteiger partial charge is 0.351 e. The predicted molar refractivity (Wildman–Crippen MR) is 73.3 cm³/mol. The van der Waals surface area contributed by atoms with Crippen LogP contribution in [0.15, 0.2) is 30.5 Å². The van der Waals surface area contributed by atoms with Crippen LogP contribution in [0.2, 0.25) is 0 Å². The molecule has 1 heterocycles. The maximum Gasteiger partial charge on any atom is 0.416 e. The number of benzene rings is 1. The number of halogens is 3. The quantitative estimate of drug-likeness (QED) is 0.905. The highest BCUT2D eigenvalue weighted by Crippen LogP contribution is 2.30. The molecule has 0 atom stereocenters. The molecule has 0 spiro atoms. The zero-order chi connectivity index (χ0) is 15.5. The summed E-state index contributed by atoms with van der Waals surface area (Å²) in [7, 11) is 0. The molecule has 0 aliphatic heterocycles. The van der Waals surface area contributed by atoms with E-state index in [-0.39, 0.29) is 6.04 Å². The number of aromatic nitrogens is 3. The van der Waals surface area contributed by atoms with Gasteiger partial charge in [-0.05, 0) is 38.1 Å². The van der Waals surface area contributed by atoms with Crippen LogP contribution in [-0.4, -0.2) is 21.2 Å². The summed E-state index contributed by atoms with van der Waals surface area (Å²) in [6.45, 7) is 3.86. The van der Waals surface area contributed by atoms with Gasteiger partial charge in [0, 0.05) is 11.7 Å². The second-order valence-electron chi connectivity index (χ2n) is 4.66. The van der Waals surface area contributed by atoms with E-state index in [2.05, 4.69) is 25.8 Å². The highest BCUT2D eigenvalue weighted by atomic mass is 19.4. The first-order chi connectivity index (χ1) is 9.84. The Labute approximate surface area is 119 Å². The number of rotatable bonds is 4. The molecule has 21 heavy (non-hydrogen) atoms. The minimum absolute atomic E-state index is 0.146. The Bertz CT molecular complexity index is 596. The van der Waals surface area contributed by atoms with Crippen molar-refractivity contribution in [3.63, 3.8) is 0 Å². The Kier molecular flexibility index (Phi) is 4.25. The average molecular weight is 297 g/mol. The fraction of sp³-hybridized carbons (Fsp3) is 0.308. The summed E-state index contributed by atoms with van der Waals surface area (Å²) >= 11 is 0. The van der Waals surface area contributed by atoms with Gasteiger partial charge in [0.05, 0.1) is 11.8 Å². The Balaban J connectivity index is 2.11. The second kappa shape index (κ2) is 5.94. The van der Waals surface area contributed by atoms with Crippen molar-refractivity contribution in [2.75, 3.05) is 10.6 Å². The summed E-state index contributed by atoms with van der Waals surface area (Å²) in [6, 6.07) is 4.82. The highest BCUT2D eigenvalue weighted by molar-refractivity contribution is 5.56. The third-order valence-corrected chi connectivity index (χ3v) is 2.46. The fourth-order valence-electron chi connectivity index (χ4n) is 1.57. The molecule has 0 saturated carbocycles. The molecule has 0 bridgehead atoms. The first kappa shape index (κ1) is 15.0. The van der Waals surface area contributed by atoms with Gasteiger partial charge in [-0.2, -0.15) is 23.3 Å². The lowest BCUT2D eigenvalue weighted by Gasteiger charge is -2.10. The fourth-order valence-corrected chi connectivity index (χ4v) is 1.57. The van der Waals surface area contributed by atoms with Gasteiger partial charge in [0.25, 0.3) is 0 Å². The molecule has 0 aliphatic carbocycles. The first-order valence-electron chi connectivity index (χ1n) is 6.25. The molecule has 112 valence electrons. The van der Waals surface area contributed by atoms with Gasteiger partial charge in [-0.1, -0.05) is 0 Å². The zero-order valence-corrected chi connectivity index (χ0v) is 11.4. The summed E-state index contributed by atoms with van der Waals surface area (Å²) in [4.78, 5) is 4.16. The largest absolute Gasteiger partial charge is 0.416 e. The summed E-state index contributed by atoms with van der Waals surface area (Å²) in [5, 5.41) is 13.4. The van der Waals surface area contributed by atoms with E-state index in [1.165, 1.54) is 18.3 Å². The number of hydrogen-bond acceptors (Lipinski definition) is 5. The normalized spacial score (nSPS) is 11.5. The molecule has 1 aromatic carbocycles. The average Bonchev–Trinajstić information content (AvgIpc) is 2.38. The monoisotopic (exact) mass is 297 g/mol. The number of nitrogens with one attached hydrogen (secondary N) is 2. The van der Waals surface area contributed by atoms with Crippen molar-refractivity contribution < 1.29 is 13.2 Å². The number of hydrogen-bond donors (Lipinski definition) is 2. The third-order valence-electron chi connectivity index (χ3n) is 2.46. The van der Waals surface area contributed by atoms with Crippen LogP contribution in [0.5, 0.6) is 0 Å². The van der Waals surface area contributed by atoms with Crippen LogP contribution in [0.1, 0.15) is 19.4 Å². The Morgan fingerprint density at radius 3 is 2.33 bits per heavy atom. The topological polar surface area (TPSA) is 62.7 Å². The number of anilines is 3. The van der Waals surface area contributed by atoms with Gasteiger partial charge in [-0.15, -0.1) is 5.10 Å². The van der Waals surface area contributed by atoms with Gasteiger partial charge in [-0.25, -0.2) is 0 Å². The molecule has 0 saturated heterocycles. The molecule has 2 rings (SSSR count). The van der Waals surface area contributed by atoms with E-state index in [4.69, 9.17) is 0 Å². The van der Waals surface area contributed by atoms with Crippen molar-refractivity contribution in [3.8, 4) is 0 Å². The molecule has 0 fully saturated rings. The maximum atomic E-state index is 12.5. The van der Waals surface area contributed by atoms with E-state index < -0.39 is 11.7 Å². The minimum atomic E-state index is -4.34. The van der Waals surface area contributed by atoms with Crippen LogP contribution in [0.4, 0.5) is 30.6 Å². The molecule has 0 unspecified atom stereocenters. The Morgan fingerprint density at radius 1 is 1.10 bits per heavy atom. The third kappa shape index (κ3) is 4.30. The van der Waals surface area contributed by atoms with Gasteiger partial charge in [0.2, 0.25) is 5.95 Å². The molecule has 0 aliphatic rings. The minimum Gasteiger partial charge on any atom is -0.351 e. The molecule has 0 radical (unpaired) electrons. The van der Waals surface area contributed by atoms with Crippen molar-refractivity contribution in [2.45, 2.75) is 26.1 Å². The zero-order valence-electron chi connectivity index (χ0n) is 11.4. The van der Waals surface area contributed by atoms with Crippen molar-refractivity contribution >= 4 is 17.5 Å². The van der Waals surface area contributed by atoms with Crippen molar-refractivity contribution in [1.82, 2.24) is 15.2 Å². The predicted octanol–water partition coefficient (Wildman–Crippen LogP) is 3.45. The van der Waals surface area contributed by atoms with E-state index in [1.807, 2.05) is 13.8 Å². The lowest BCUT2D eigenvalue weighted by Crippen LogP contribution is -2.13. The number of nitrogens with zero attached hydrogens (tertiary/aromatic N) is 3. The van der Waals surface area contributed by atoms with Crippen LogP contribution in [-0.2, 0) is 6.18 Å². The molecule has 2 N–H and O–H groups in total. The van der Waals surface area contributed by atoms with E-state index >= 15 is 0 Å². The van der Waals surface area contributed by atoms with Gasteiger partial charge >= 0.3 is 6.18 Å². The summed E-state index contributed by atoms with van der Waals surface area (Å²) in [5.41, 5.74) is -0.213. The standard InChI is InChI=1S/C13H14F3N5/c1-8(2)18-12-20-11(7-17-21-12)19-10-5-3-9(4-6-10)13(14,15)16/h3-8H,1-2H3,(H2,18,19,20,21). The first-order valence-corrected chi connectivity index (χ1v) is 6.25. The molecular weight excluding hydrogens is 283 g/mol. The van der Waals surface area contributed by atoms with Crippen molar-refractivity contribution in [1.29, 1.82) is 0 Å². The van der Waals surface area contributed by atoms with Gasteiger partial charge in [-0.3, -0.25) is 0 Å². The van der Waals surface area contributed by atoms with E-state index in [9.17, 15) is 13.2 Å². The van der Waals surface area contributed by atoms with Gasteiger partial charge in [0.15, 0.2) is 5.82 Å². The maximum absolute atomic E-state index is 12.5. The van der Waals surface area contributed by atoms with Crippen LogP contribution in [0, 0.1) is 0 Å². The molecular formula is C13H14F3N5. The highest BCUT2D eigenvalue weighted by Gasteiger charge is 2.29.